The molecule has 1 fully saturated rings. The van der Waals surface area contributed by atoms with Crippen molar-refractivity contribution in [2.45, 2.75) is 39.2 Å². The maximum Gasteiger partial charge on any atom is 0.260 e. The van der Waals surface area contributed by atoms with Crippen molar-refractivity contribution in [3.8, 4) is 0 Å². The second-order valence-electron chi connectivity index (χ2n) is 6.81. The van der Waals surface area contributed by atoms with Gasteiger partial charge >= 0.3 is 0 Å². The van der Waals surface area contributed by atoms with Crippen LogP contribution in [0.4, 0.5) is 11.6 Å². The molecule has 0 saturated heterocycles. The summed E-state index contributed by atoms with van der Waals surface area (Å²) >= 11 is 0. The van der Waals surface area contributed by atoms with Crippen molar-refractivity contribution in [1.82, 2.24) is 15.0 Å². The second-order valence-corrected chi connectivity index (χ2v) is 6.81. The van der Waals surface area contributed by atoms with Gasteiger partial charge in [-0.25, -0.2) is 9.97 Å². The van der Waals surface area contributed by atoms with Crippen LogP contribution < -0.4 is 10.6 Å². The number of anilines is 2. The summed E-state index contributed by atoms with van der Waals surface area (Å²) < 4.78 is 5.52. The highest BCUT2D eigenvalue weighted by Crippen LogP contribution is 2.40. The number of furan rings is 1. The van der Waals surface area contributed by atoms with Gasteiger partial charge in [0.05, 0.1) is 10.9 Å². The normalized spacial score (nSPS) is 15.2. The first-order chi connectivity index (χ1) is 11.9. The SMILES string of the molecule is Cc1ccnc(NC(=O)c2coc3nc(C)nc(NC4(C)CC4)c23)c1. The quantitative estimate of drug-likeness (QED) is 0.757. The number of hydrogen-bond acceptors (Lipinski definition) is 6. The van der Waals surface area contributed by atoms with Crippen molar-refractivity contribution < 1.29 is 9.21 Å². The molecule has 1 saturated carbocycles. The Kier molecular flexibility index (Phi) is 3.45. The largest absolute Gasteiger partial charge is 0.445 e. The molecule has 0 bridgehead atoms. The standard InChI is InChI=1S/C18H19N5O2/c1-10-4-7-19-13(8-10)22-16(24)12-9-25-17-14(12)15(20-11(2)21-17)23-18(3)5-6-18/h4,7-9H,5-6H2,1-3H3,(H,19,22,24)(H,20,21,23). The number of rotatable bonds is 4. The van der Waals surface area contributed by atoms with Gasteiger partial charge < -0.3 is 15.1 Å². The first kappa shape index (κ1) is 15.6. The maximum absolute atomic E-state index is 12.7. The summed E-state index contributed by atoms with van der Waals surface area (Å²) in [4.78, 5) is 25.7. The Morgan fingerprint density at radius 3 is 2.80 bits per heavy atom. The van der Waals surface area contributed by atoms with E-state index in [1.807, 2.05) is 19.1 Å². The van der Waals surface area contributed by atoms with E-state index in [0.29, 0.717) is 34.1 Å². The molecule has 7 nitrogen and oxygen atoms in total. The molecule has 128 valence electrons. The highest BCUT2D eigenvalue weighted by Gasteiger charge is 2.38. The summed E-state index contributed by atoms with van der Waals surface area (Å²) in [6.07, 6.45) is 5.23. The van der Waals surface area contributed by atoms with Crippen molar-refractivity contribution in [2.75, 3.05) is 10.6 Å². The van der Waals surface area contributed by atoms with E-state index in [1.165, 1.54) is 6.26 Å². The molecule has 1 amide bonds. The van der Waals surface area contributed by atoms with Gasteiger partial charge in [0.15, 0.2) is 0 Å². The Balaban J connectivity index is 1.72. The van der Waals surface area contributed by atoms with Crippen molar-refractivity contribution in [2.24, 2.45) is 0 Å². The molecule has 2 N–H and O–H groups in total. The van der Waals surface area contributed by atoms with Crippen LogP contribution in [-0.2, 0) is 0 Å². The summed E-state index contributed by atoms with van der Waals surface area (Å²) in [5.74, 6) is 1.43. The van der Waals surface area contributed by atoms with Gasteiger partial charge in [-0.3, -0.25) is 4.79 Å². The van der Waals surface area contributed by atoms with E-state index in [9.17, 15) is 4.79 Å². The fourth-order valence-corrected chi connectivity index (χ4v) is 2.69. The van der Waals surface area contributed by atoms with Crippen LogP contribution in [0.1, 0.15) is 41.5 Å². The maximum atomic E-state index is 12.7. The monoisotopic (exact) mass is 337 g/mol. The zero-order valence-electron chi connectivity index (χ0n) is 14.4. The van der Waals surface area contributed by atoms with Crippen molar-refractivity contribution >= 4 is 28.6 Å². The number of pyridine rings is 1. The zero-order valence-corrected chi connectivity index (χ0v) is 14.4. The number of nitrogens with zero attached hydrogens (tertiary/aromatic N) is 3. The highest BCUT2D eigenvalue weighted by molar-refractivity contribution is 6.14. The van der Waals surface area contributed by atoms with Gasteiger partial charge in [-0.2, -0.15) is 4.98 Å². The summed E-state index contributed by atoms with van der Waals surface area (Å²) in [7, 11) is 0. The average molecular weight is 337 g/mol. The Morgan fingerprint density at radius 1 is 1.28 bits per heavy atom. The van der Waals surface area contributed by atoms with Crippen molar-refractivity contribution in [3.63, 3.8) is 0 Å². The lowest BCUT2D eigenvalue weighted by Gasteiger charge is -2.13. The van der Waals surface area contributed by atoms with Crippen LogP contribution in [0.2, 0.25) is 0 Å². The van der Waals surface area contributed by atoms with Gasteiger partial charge in [-0.1, -0.05) is 0 Å². The molecule has 3 heterocycles. The molecule has 1 aliphatic rings. The van der Waals surface area contributed by atoms with Crippen LogP contribution >= 0.6 is 0 Å². The van der Waals surface area contributed by atoms with Crippen LogP contribution in [0.3, 0.4) is 0 Å². The summed E-state index contributed by atoms with van der Waals surface area (Å²) in [6, 6.07) is 3.68. The lowest BCUT2D eigenvalue weighted by Crippen LogP contribution is -2.19. The highest BCUT2D eigenvalue weighted by atomic mass is 16.3. The van der Waals surface area contributed by atoms with E-state index in [4.69, 9.17) is 4.42 Å². The van der Waals surface area contributed by atoms with Gasteiger partial charge in [0.25, 0.3) is 5.91 Å². The minimum absolute atomic E-state index is 0.0246. The first-order valence-electron chi connectivity index (χ1n) is 8.22. The third kappa shape index (κ3) is 3.05. The number of carbonyl (C=O) groups is 1. The first-order valence-corrected chi connectivity index (χ1v) is 8.22. The Labute approximate surface area is 144 Å². The van der Waals surface area contributed by atoms with Gasteiger partial charge in [-0.05, 0) is 51.3 Å². The number of amides is 1. The molecular weight excluding hydrogens is 318 g/mol. The Hall–Kier alpha value is -2.96. The number of aromatic nitrogens is 3. The number of hydrogen-bond donors (Lipinski definition) is 2. The molecule has 3 aromatic heterocycles. The van der Waals surface area contributed by atoms with E-state index < -0.39 is 0 Å². The molecule has 3 aromatic rings. The minimum atomic E-state index is -0.298. The molecule has 0 spiro atoms. The Morgan fingerprint density at radius 2 is 2.08 bits per heavy atom. The average Bonchev–Trinajstić information content (AvgIpc) is 3.10. The van der Waals surface area contributed by atoms with Gasteiger partial charge in [0.1, 0.15) is 23.7 Å². The second kappa shape index (κ2) is 5.54. The third-order valence-electron chi connectivity index (χ3n) is 4.37. The van der Waals surface area contributed by atoms with Crippen LogP contribution in [0.25, 0.3) is 11.1 Å². The Bertz CT molecular complexity index is 975. The lowest BCUT2D eigenvalue weighted by atomic mass is 10.2. The van der Waals surface area contributed by atoms with E-state index in [-0.39, 0.29) is 11.4 Å². The van der Waals surface area contributed by atoms with Crippen LogP contribution in [-0.4, -0.2) is 26.4 Å². The molecule has 0 aliphatic heterocycles. The number of aryl methyl sites for hydroxylation is 2. The molecule has 1 aliphatic carbocycles. The van der Waals surface area contributed by atoms with E-state index in [2.05, 4.69) is 32.5 Å². The van der Waals surface area contributed by atoms with Crippen LogP contribution in [0.5, 0.6) is 0 Å². The lowest BCUT2D eigenvalue weighted by molar-refractivity contribution is 0.102. The van der Waals surface area contributed by atoms with Crippen molar-refractivity contribution in [1.29, 1.82) is 0 Å². The number of fused-ring (bicyclic) bond motifs is 1. The molecule has 0 radical (unpaired) electrons. The van der Waals surface area contributed by atoms with Gasteiger partial charge in [-0.15, -0.1) is 0 Å². The molecule has 25 heavy (non-hydrogen) atoms. The number of carbonyl (C=O) groups excluding carboxylic acids is 1. The number of nitrogens with one attached hydrogen (secondary N) is 2. The van der Waals surface area contributed by atoms with Crippen LogP contribution in [0, 0.1) is 13.8 Å². The van der Waals surface area contributed by atoms with Gasteiger partial charge in [0.2, 0.25) is 5.71 Å². The third-order valence-corrected chi connectivity index (χ3v) is 4.37. The molecule has 0 atom stereocenters. The fourth-order valence-electron chi connectivity index (χ4n) is 2.69. The predicted molar refractivity (Wildman–Crippen MR) is 94.7 cm³/mol. The molecule has 0 unspecified atom stereocenters. The molecule has 4 rings (SSSR count). The summed E-state index contributed by atoms with van der Waals surface area (Å²) in [6.45, 7) is 5.88. The van der Waals surface area contributed by atoms with Gasteiger partial charge in [0, 0.05) is 11.7 Å². The molecule has 7 heteroatoms. The minimum Gasteiger partial charge on any atom is -0.445 e. The summed E-state index contributed by atoms with van der Waals surface area (Å²) in [5.41, 5.74) is 1.84. The van der Waals surface area contributed by atoms with E-state index in [0.717, 1.165) is 18.4 Å². The summed E-state index contributed by atoms with van der Waals surface area (Å²) in [5, 5.41) is 6.83. The smallest absolute Gasteiger partial charge is 0.260 e. The van der Waals surface area contributed by atoms with Crippen molar-refractivity contribution in [3.05, 3.63) is 41.5 Å². The van der Waals surface area contributed by atoms with Crippen LogP contribution in [0.15, 0.2) is 29.0 Å². The predicted octanol–water partition coefficient (Wildman–Crippen LogP) is 3.45. The zero-order chi connectivity index (χ0) is 17.6. The fraction of sp³-hybridized carbons (Fsp3) is 0.333. The van der Waals surface area contributed by atoms with E-state index >= 15 is 0 Å². The molecule has 0 aromatic carbocycles. The topological polar surface area (TPSA) is 92.9 Å². The molecular formula is C18H19N5O2. The van der Waals surface area contributed by atoms with E-state index in [1.54, 1.807) is 13.1 Å².